The van der Waals surface area contributed by atoms with E-state index in [9.17, 15) is 4.79 Å². The van der Waals surface area contributed by atoms with Gasteiger partial charge in [0, 0.05) is 12.7 Å². The van der Waals surface area contributed by atoms with E-state index < -0.39 is 0 Å². The third-order valence-electron chi connectivity index (χ3n) is 5.61. The van der Waals surface area contributed by atoms with Gasteiger partial charge in [-0.2, -0.15) is 0 Å². The summed E-state index contributed by atoms with van der Waals surface area (Å²) in [6.45, 7) is 6.00. The lowest BCUT2D eigenvalue weighted by Crippen LogP contribution is -2.41. The first-order valence-corrected chi connectivity index (χ1v) is 10.4. The molecule has 5 heteroatoms. The summed E-state index contributed by atoms with van der Waals surface area (Å²) >= 11 is 0. The molecule has 1 aliphatic rings. The molecule has 3 aromatic rings. The standard InChI is InChI=1S/C25H28N4O/c1-19-6-10-21(11-7-19)14-16-28-24(22-12-8-20(2)9-13-22)18-29(25(28)30)27-17-23-5-3-4-15-26-23/h3-13,15,24,27H,14,16-18H2,1-2H3/t24-/m0/s1. The van der Waals surface area contributed by atoms with Crippen LogP contribution in [0.5, 0.6) is 0 Å². The van der Waals surface area contributed by atoms with E-state index in [0.717, 1.165) is 12.1 Å². The SMILES string of the molecule is Cc1ccc(CCN2C(=O)N(NCc3ccccn3)C[C@H]2c2ccc(C)cc2)cc1. The maximum Gasteiger partial charge on any atom is 0.335 e. The van der Waals surface area contributed by atoms with E-state index in [0.29, 0.717) is 19.6 Å². The van der Waals surface area contributed by atoms with Gasteiger partial charge in [-0.25, -0.2) is 10.2 Å². The van der Waals surface area contributed by atoms with E-state index in [1.165, 1.54) is 22.3 Å². The van der Waals surface area contributed by atoms with Crippen LogP contribution in [0.2, 0.25) is 0 Å². The molecule has 154 valence electrons. The highest BCUT2D eigenvalue weighted by Crippen LogP contribution is 2.29. The van der Waals surface area contributed by atoms with Crippen LogP contribution in [0.1, 0.15) is 34.0 Å². The number of carbonyl (C=O) groups is 1. The van der Waals surface area contributed by atoms with Crippen LogP contribution in [0.25, 0.3) is 0 Å². The molecule has 0 saturated carbocycles. The molecule has 2 amide bonds. The first-order chi connectivity index (χ1) is 14.6. The Morgan fingerprint density at radius 1 is 0.967 bits per heavy atom. The van der Waals surface area contributed by atoms with Crippen LogP contribution in [0.3, 0.4) is 0 Å². The number of benzene rings is 2. The third-order valence-corrected chi connectivity index (χ3v) is 5.61. The van der Waals surface area contributed by atoms with E-state index in [1.54, 1.807) is 11.2 Å². The lowest BCUT2D eigenvalue weighted by Gasteiger charge is -2.23. The highest BCUT2D eigenvalue weighted by atomic mass is 16.2. The Bertz CT molecular complexity index is 970. The largest absolute Gasteiger partial charge is 0.335 e. The Kier molecular flexibility index (Phi) is 6.10. The summed E-state index contributed by atoms with van der Waals surface area (Å²) in [5.41, 5.74) is 9.07. The second kappa shape index (κ2) is 9.09. The average Bonchev–Trinajstić information content (AvgIpc) is 3.08. The van der Waals surface area contributed by atoms with Gasteiger partial charge in [0.05, 0.1) is 24.8 Å². The Labute approximate surface area is 178 Å². The van der Waals surface area contributed by atoms with Crippen LogP contribution in [-0.4, -0.2) is 34.0 Å². The molecule has 0 aliphatic carbocycles. The Hall–Kier alpha value is -3.18. The number of amides is 2. The van der Waals surface area contributed by atoms with Crippen LogP contribution in [-0.2, 0) is 13.0 Å². The topological polar surface area (TPSA) is 48.5 Å². The first-order valence-electron chi connectivity index (χ1n) is 10.4. The lowest BCUT2D eigenvalue weighted by molar-refractivity contribution is 0.171. The normalized spacial score (nSPS) is 16.3. The van der Waals surface area contributed by atoms with Gasteiger partial charge in [0.1, 0.15) is 0 Å². The third kappa shape index (κ3) is 4.69. The lowest BCUT2D eigenvalue weighted by atomic mass is 10.0. The van der Waals surface area contributed by atoms with E-state index in [4.69, 9.17) is 0 Å². The van der Waals surface area contributed by atoms with Crippen LogP contribution < -0.4 is 5.43 Å². The van der Waals surface area contributed by atoms with E-state index in [1.807, 2.05) is 23.1 Å². The average molecular weight is 401 g/mol. The van der Waals surface area contributed by atoms with Crippen molar-refractivity contribution in [3.8, 4) is 0 Å². The van der Waals surface area contributed by atoms with E-state index >= 15 is 0 Å². The van der Waals surface area contributed by atoms with E-state index in [2.05, 4.69) is 72.8 Å². The second-order valence-electron chi connectivity index (χ2n) is 7.90. The van der Waals surface area contributed by atoms with Gasteiger partial charge in [0.2, 0.25) is 0 Å². The first kappa shape index (κ1) is 20.1. The molecule has 1 N–H and O–H groups in total. The number of nitrogens with zero attached hydrogens (tertiary/aromatic N) is 3. The molecule has 0 unspecified atom stereocenters. The number of hydrogen-bond acceptors (Lipinski definition) is 3. The Morgan fingerprint density at radius 2 is 1.67 bits per heavy atom. The zero-order chi connectivity index (χ0) is 20.9. The molecule has 1 aromatic heterocycles. The second-order valence-corrected chi connectivity index (χ2v) is 7.90. The van der Waals surface area contributed by atoms with Crippen molar-refractivity contribution in [1.82, 2.24) is 20.3 Å². The number of aromatic nitrogens is 1. The molecule has 1 aliphatic heterocycles. The predicted octanol–water partition coefficient (Wildman–Crippen LogP) is 4.42. The summed E-state index contributed by atoms with van der Waals surface area (Å²) < 4.78 is 0. The number of carbonyl (C=O) groups excluding carboxylic acids is 1. The molecule has 1 fully saturated rings. The van der Waals surface area contributed by atoms with Gasteiger partial charge in [0.25, 0.3) is 0 Å². The number of nitrogens with one attached hydrogen (secondary N) is 1. The Balaban J connectivity index is 1.49. The van der Waals surface area contributed by atoms with Gasteiger partial charge in [-0.1, -0.05) is 65.7 Å². The summed E-state index contributed by atoms with van der Waals surface area (Å²) in [7, 11) is 0. The fourth-order valence-corrected chi connectivity index (χ4v) is 3.78. The minimum atomic E-state index is 0.0172. The van der Waals surface area contributed by atoms with Crippen molar-refractivity contribution < 1.29 is 4.79 Å². The van der Waals surface area contributed by atoms with Crippen molar-refractivity contribution in [2.24, 2.45) is 0 Å². The zero-order valence-electron chi connectivity index (χ0n) is 17.6. The van der Waals surface area contributed by atoms with Crippen LogP contribution >= 0.6 is 0 Å². The quantitative estimate of drug-likeness (QED) is 0.638. The van der Waals surface area contributed by atoms with Crippen molar-refractivity contribution in [1.29, 1.82) is 0 Å². The highest BCUT2D eigenvalue weighted by Gasteiger charge is 2.37. The molecular formula is C25H28N4O. The molecule has 1 atom stereocenters. The van der Waals surface area contributed by atoms with Gasteiger partial charge in [-0.15, -0.1) is 0 Å². The summed E-state index contributed by atoms with van der Waals surface area (Å²) in [5.74, 6) is 0. The molecule has 2 heterocycles. The molecule has 0 bridgehead atoms. The number of pyridine rings is 1. The molecule has 4 rings (SSSR count). The zero-order valence-corrected chi connectivity index (χ0v) is 17.6. The molecule has 0 radical (unpaired) electrons. The van der Waals surface area contributed by atoms with Crippen molar-refractivity contribution in [2.75, 3.05) is 13.1 Å². The molecule has 0 spiro atoms. The maximum absolute atomic E-state index is 13.2. The number of aryl methyl sites for hydroxylation is 2. The van der Waals surface area contributed by atoms with Crippen LogP contribution in [0.4, 0.5) is 4.79 Å². The van der Waals surface area contributed by atoms with Crippen molar-refractivity contribution >= 4 is 6.03 Å². The van der Waals surface area contributed by atoms with Gasteiger partial charge in [0.15, 0.2) is 0 Å². The summed E-state index contributed by atoms with van der Waals surface area (Å²) in [6.07, 6.45) is 2.61. The van der Waals surface area contributed by atoms with Gasteiger partial charge in [-0.05, 0) is 43.5 Å². The van der Waals surface area contributed by atoms with Crippen molar-refractivity contribution in [2.45, 2.75) is 32.9 Å². The maximum atomic E-state index is 13.2. The van der Waals surface area contributed by atoms with Crippen molar-refractivity contribution in [3.05, 3.63) is 101 Å². The molecule has 1 saturated heterocycles. The fourth-order valence-electron chi connectivity index (χ4n) is 3.78. The molecule has 5 nitrogen and oxygen atoms in total. The molecule has 30 heavy (non-hydrogen) atoms. The minimum Gasteiger partial charge on any atom is -0.314 e. The summed E-state index contributed by atoms with van der Waals surface area (Å²) in [6, 6.07) is 22.9. The minimum absolute atomic E-state index is 0.0172. The van der Waals surface area contributed by atoms with Crippen molar-refractivity contribution in [3.63, 3.8) is 0 Å². The highest BCUT2D eigenvalue weighted by molar-refractivity contribution is 5.77. The van der Waals surface area contributed by atoms with E-state index in [-0.39, 0.29) is 12.1 Å². The summed E-state index contributed by atoms with van der Waals surface area (Å²) in [4.78, 5) is 19.5. The number of rotatable bonds is 7. The van der Waals surface area contributed by atoms with Gasteiger partial charge < -0.3 is 4.90 Å². The van der Waals surface area contributed by atoms with Crippen LogP contribution in [0.15, 0.2) is 72.9 Å². The van der Waals surface area contributed by atoms with Crippen LogP contribution in [0, 0.1) is 13.8 Å². The number of hydrogen-bond donors (Lipinski definition) is 1. The Morgan fingerprint density at radius 3 is 2.33 bits per heavy atom. The summed E-state index contributed by atoms with van der Waals surface area (Å²) in [5, 5.41) is 1.73. The monoisotopic (exact) mass is 400 g/mol. The number of hydrazine groups is 1. The molecular weight excluding hydrogens is 372 g/mol. The fraction of sp³-hybridized carbons (Fsp3) is 0.280. The van der Waals surface area contributed by atoms with Gasteiger partial charge in [-0.3, -0.25) is 9.99 Å². The van der Waals surface area contributed by atoms with Gasteiger partial charge >= 0.3 is 6.03 Å². The predicted molar refractivity (Wildman–Crippen MR) is 119 cm³/mol. The number of urea groups is 1. The molecule has 2 aromatic carbocycles. The smallest absolute Gasteiger partial charge is 0.314 e.